The maximum absolute atomic E-state index is 11.8. The van der Waals surface area contributed by atoms with Crippen LogP contribution < -0.4 is 5.32 Å². The maximum Gasteiger partial charge on any atom is 0.326 e. The number of hydrogen-bond acceptors (Lipinski definition) is 4. The van der Waals surface area contributed by atoms with Crippen LogP contribution in [-0.4, -0.2) is 42.5 Å². The molecule has 16 heavy (non-hydrogen) atoms. The lowest BCUT2D eigenvalue weighted by atomic mass is 10.1. The van der Waals surface area contributed by atoms with Crippen LogP contribution in [0.25, 0.3) is 0 Å². The van der Waals surface area contributed by atoms with E-state index in [-0.39, 0.29) is 12.8 Å². The number of rotatable bonds is 6. The topological polar surface area (TPSA) is 92.7 Å². The highest BCUT2D eigenvalue weighted by Crippen LogP contribution is 2.01. The molecule has 0 radical (unpaired) electrons. The van der Waals surface area contributed by atoms with Gasteiger partial charge < -0.3 is 15.2 Å². The molecule has 2 N–H and O–H groups in total. The fourth-order valence-corrected chi connectivity index (χ4v) is 0.856. The Labute approximate surface area is 89.6 Å². The summed E-state index contributed by atoms with van der Waals surface area (Å²) in [4.78, 5) is 31.8. The molecule has 0 unspecified atom stereocenters. The maximum atomic E-state index is 11.8. The summed E-state index contributed by atoms with van der Waals surface area (Å²) in [5.74, 6) is -3.85. The third-order valence-corrected chi connectivity index (χ3v) is 1.68. The number of carbonyl (C=O) groups is 3. The summed E-state index contributed by atoms with van der Waals surface area (Å²) in [6.07, 6.45) is -3.88. The molecule has 0 spiro atoms. The first-order valence-corrected chi connectivity index (χ1v) is 4.26. The second-order valence-electron chi connectivity index (χ2n) is 2.81. The van der Waals surface area contributed by atoms with E-state index in [9.17, 15) is 23.2 Å². The molecule has 0 aliphatic carbocycles. The molecule has 0 bridgehead atoms. The van der Waals surface area contributed by atoms with Crippen LogP contribution in [0.3, 0.4) is 0 Å². The van der Waals surface area contributed by atoms with Crippen LogP contribution in [-0.2, 0) is 19.1 Å². The minimum atomic E-state index is -3.29. The van der Waals surface area contributed by atoms with Gasteiger partial charge in [0.25, 0.3) is 5.91 Å². The molecule has 0 fully saturated rings. The highest BCUT2D eigenvalue weighted by atomic mass is 19.3. The lowest BCUT2D eigenvalue weighted by molar-refractivity contribution is -0.145. The van der Waals surface area contributed by atoms with Crippen LogP contribution in [0.1, 0.15) is 12.8 Å². The number of alkyl halides is 2. The van der Waals surface area contributed by atoms with Crippen LogP contribution in [0.4, 0.5) is 8.78 Å². The summed E-state index contributed by atoms with van der Waals surface area (Å²) >= 11 is 0. The van der Waals surface area contributed by atoms with E-state index in [2.05, 4.69) is 4.74 Å². The van der Waals surface area contributed by atoms with Gasteiger partial charge in [-0.2, -0.15) is 8.78 Å². The number of ether oxygens (including phenoxy) is 1. The summed E-state index contributed by atoms with van der Waals surface area (Å²) < 4.78 is 27.9. The Bertz CT molecular complexity index is 282. The van der Waals surface area contributed by atoms with Crippen LogP contribution in [0, 0.1) is 0 Å². The number of aliphatic carboxylic acids is 1. The average molecular weight is 239 g/mol. The first-order chi connectivity index (χ1) is 7.38. The molecule has 0 aromatic heterocycles. The number of carboxylic acids is 1. The van der Waals surface area contributed by atoms with Gasteiger partial charge in [-0.25, -0.2) is 4.79 Å². The van der Waals surface area contributed by atoms with Gasteiger partial charge in [-0.05, 0) is 6.42 Å². The van der Waals surface area contributed by atoms with Gasteiger partial charge in [0.05, 0.1) is 7.11 Å². The van der Waals surface area contributed by atoms with Crippen molar-refractivity contribution in [3.05, 3.63) is 0 Å². The summed E-state index contributed by atoms with van der Waals surface area (Å²) in [5, 5.41) is 10.2. The van der Waals surface area contributed by atoms with Gasteiger partial charge in [-0.3, -0.25) is 9.59 Å². The fraction of sp³-hybridized carbons (Fsp3) is 0.625. The van der Waals surface area contributed by atoms with Gasteiger partial charge in [-0.15, -0.1) is 0 Å². The SMILES string of the molecule is COC(=O)CC[C@H](NC(=O)C(F)F)C(=O)O. The van der Waals surface area contributed by atoms with Crippen LogP contribution in [0.15, 0.2) is 0 Å². The van der Waals surface area contributed by atoms with Crippen molar-refractivity contribution in [3.8, 4) is 0 Å². The van der Waals surface area contributed by atoms with Crippen molar-refractivity contribution in [3.63, 3.8) is 0 Å². The lowest BCUT2D eigenvalue weighted by Crippen LogP contribution is -2.43. The quantitative estimate of drug-likeness (QED) is 0.625. The smallest absolute Gasteiger partial charge is 0.326 e. The summed E-state index contributed by atoms with van der Waals surface area (Å²) in [7, 11) is 1.11. The molecule has 0 saturated carbocycles. The van der Waals surface area contributed by atoms with E-state index in [1.165, 1.54) is 0 Å². The first kappa shape index (κ1) is 14.3. The minimum Gasteiger partial charge on any atom is -0.480 e. The predicted octanol–water partition coefficient (Wildman–Crippen LogP) is -0.226. The van der Waals surface area contributed by atoms with Gasteiger partial charge in [0, 0.05) is 6.42 Å². The molecular weight excluding hydrogens is 228 g/mol. The lowest BCUT2D eigenvalue weighted by Gasteiger charge is -2.13. The van der Waals surface area contributed by atoms with Crippen molar-refractivity contribution in [2.24, 2.45) is 0 Å². The number of nitrogens with one attached hydrogen (secondary N) is 1. The molecule has 0 saturated heterocycles. The van der Waals surface area contributed by atoms with Crippen LogP contribution >= 0.6 is 0 Å². The Hall–Kier alpha value is -1.73. The Balaban J connectivity index is 4.24. The van der Waals surface area contributed by atoms with Gasteiger partial charge in [0.1, 0.15) is 6.04 Å². The summed E-state index contributed by atoms with van der Waals surface area (Å²) in [6.45, 7) is 0. The molecule has 6 nitrogen and oxygen atoms in total. The number of methoxy groups -OCH3 is 1. The monoisotopic (exact) mass is 239 g/mol. The van der Waals surface area contributed by atoms with E-state index in [1.54, 1.807) is 5.32 Å². The standard InChI is InChI=1S/C8H11F2NO5/c1-16-5(12)3-2-4(8(14)15)11-7(13)6(9)10/h4,6H,2-3H2,1H3,(H,11,13)(H,14,15)/t4-/m0/s1. The number of halogens is 2. The molecular formula is C8H11F2NO5. The number of amides is 1. The largest absolute Gasteiger partial charge is 0.480 e. The van der Waals surface area contributed by atoms with Crippen LogP contribution in [0.2, 0.25) is 0 Å². The van der Waals surface area contributed by atoms with Gasteiger partial charge in [-0.1, -0.05) is 0 Å². The van der Waals surface area contributed by atoms with Gasteiger partial charge in [0.15, 0.2) is 0 Å². The number of carboxylic acid groups (broad SMARTS) is 1. The Kier molecular flexibility index (Phi) is 5.97. The Morgan fingerprint density at radius 3 is 2.31 bits per heavy atom. The number of hydrogen-bond donors (Lipinski definition) is 2. The number of carbonyl (C=O) groups excluding carboxylic acids is 2. The van der Waals surface area contributed by atoms with E-state index in [1.807, 2.05) is 0 Å². The van der Waals surface area contributed by atoms with Crippen molar-refractivity contribution in [1.82, 2.24) is 5.32 Å². The van der Waals surface area contributed by atoms with E-state index in [0.29, 0.717) is 0 Å². The zero-order valence-electron chi connectivity index (χ0n) is 8.41. The first-order valence-electron chi connectivity index (χ1n) is 4.26. The summed E-state index contributed by atoms with van der Waals surface area (Å²) in [5.41, 5.74) is 0. The molecule has 92 valence electrons. The predicted molar refractivity (Wildman–Crippen MR) is 46.8 cm³/mol. The molecule has 8 heteroatoms. The highest BCUT2D eigenvalue weighted by Gasteiger charge is 2.25. The van der Waals surface area contributed by atoms with E-state index in [0.717, 1.165) is 7.11 Å². The van der Waals surface area contributed by atoms with Gasteiger partial charge in [0.2, 0.25) is 0 Å². The number of esters is 1. The zero-order valence-corrected chi connectivity index (χ0v) is 8.41. The van der Waals surface area contributed by atoms with Crippen molar-refractivity contribution in [1.29, 1.82) is 0 Å². The van der Waals surface area contributed by atoms with Crippen LogP contribution in [0.5, 0.6) is 0 Å². The Morgan fingerprint density at radius 2 is 1.94 bits per heavy atom. The molecule has 0 heterocycles. The second-order valence-corrected chi connectivity index (χ2v) is 2.81. The molecule has 1 atom stereocenters. The zero-order chi connectivity index (χ0) is 12.7. The van der Waals surface area contributed by atoms with Crippen molar-refractivity contribution >= 4 is 17.8 Å². The molecule has 0 aliphatic heterocycles. The third kappa shape index (κ3) is 5.23. The molecule has 0 aromatic carbocycles. The van der Waals surface area contributed by atoms with Crippen molar-refractivity contribution < 1.29 is 33.0 Å². The second kappa shape index (κ2) is 6.70. The normalized spacial score (nSPS) is 12.0. The van der Waals surface area contributed by atoms with E-state index < -0.39 is 30.3 Å². The average Bonchev–Trinajstić information content (AvgIpc) is 2.22. The van der Waals surface area contributed by atoms with Gasteiger partial charge >= 0.3 is 18.4 Å². The fourth-order valence-electron chi connectivity index (χ4n) is 0.856. The highest BCUT2D eigenvalue weighted by molar-refractivity contribution is 5.85. The van der Waals surface area contributed by atoms with E-state index >= 15 is 0 Å². The van der Waals surface area contributed by atoms with E-state index in [4.69, 9.17) is 5.11 Å². The molecule has 0 rings (SSSR count). The Morgan fingerprint density at radius 1 is 1.38 bits per heavy atom. The summed E-state index contributed by atoms with van der Waals surface area (Å²) in [6, 6.07) is -1.53. The third-order valence-electron chi connectivity index (χ3n) is 1.68. The molecule has 0 aliphatic rings. The van der Waals surface area contributed by atoms with Crippen molar-refractivity contribution in [2.45, 2.75) is 25.3 Å². The van der Waals surface area contributed by atoms with Crippen molar-refractivity contribution in [2.75, 3.05) is 7.11 Å². The molecule has 0 aromatic rings. The molecule has 1 amide bonds. The minimum absolute atomic E-state index is 0.281.